The van der Waals surface area contributed by atoms with Gasteiger partial charge in [0.2, 0.25) is 0 Å². The van der Waals surface area contributed by atoms with Gasteiger partial charge in [0, 0.05) is 5.56 Å². The van der Waals surface area contributed by atoms with Crippen LogP contribution in [0.25, 0.3) is 0 Å². The molecule has 0 saturated heterocycles. The van der Waals surface area contributed by atoms with Crippen LogP contribution in [0.3, 0.4) is 0 Å². The zero-order chi connectivity index (χ0) is 20.7. The SMILES string of the molecule is Cc1c(OP(=O)(OCc2ccccc2)OCc2ccccc2)cccc1C(=O)O. The lowest BCUT2D eigenvalue weighted by Gasteiger charge is -2.20. The molecule has 3 aromatic rings. The number of hydrogen-bond acceptors (Lipinski definition) is 5. The minimum absolute atomic E-state index is 0.0184. The zero-order valence-corrected chi connectivity index (χ0v) is 16.7. The molecule has 0 heterocycles. The van der Waals surface area contributed by atoms with Crippen LogP contribution in [0.4, 0.5) is 0 Å². The van der Waals surface area contributed by atoms with Crippen LogP contribution in [0.15, 0.2) is 78.9 Å². The number of benzene rings is 3. The molecule has 3 rings (SSSR count). The van der Waals surface area contributed by atoms with E-state index in [1.54, 1.807) is 6.92 Å². The van der Waals surface area contributed by atoms with Crippen molar-refractivity contribution in [1.82, 2.24) is 0 Å². The van der Waals surface area contributed by atoms with Gasteiger partial charge in [-0.1, -0.05) is 66.7 Å². The molecule has 3 aromatic carbocycles. The Morgan fingerprint density at radius 3 is 1.83 bits per heavy atom. The van der Waals surface area contributed by atoms with E-state index in [2.05, 4.69) is 0 Å². The lowest BCUT2D eigenvalue weighted by atomic mass is 10.1. The number of carboxylic acids is 1. The van der Waals surface area contributed by atoms with E-state index in [0.29, 0.717) is 5.56 Å². The van der Waals surface area contributed by atoms with Crippen molar-refractivity contribution < 1.29 is 28.0 Å². The Hall–Kier alpha value is -2.92. The summed E-state index contributed by atoms with van der Waals surface area (Å²) in [4.78, 5) is 11.4. The smallest absolute Gasteiger partial charge is 0.478 e. The van der Waals surface area contributed by atoms with Gasteiger partial charge in [0.15, 0.2) is 0 Å². The summed E-state index contributed by atoms with van der Waals surface area (Å²) in [6.07, 6.45) is 0. The molecule has 0 atom stereocenters. The number of carbonyl (C=O) groups is 1. The minimum atomic E-state index is -4.04. The predicted octanol–water partition coefficient (Wildman–Crippen LogP) is 5.61. The summed E-state index contributed by atoms with van der Waals surface area (Å²) in [7, 11) is -4.04. The molecule has 0 aliphatic carbocycles. The summed E-state index contributed by atoms with van der Waals surface area (Å²) >= 11 is 0. The lowest BCUT2D eigenvalue weighted by molar-refractivity contribution is 0.0695. The highest BCUT2D eigenvalue weighted by Gasteiger charge is 2.30. The summed E-state index contributed by atoms with van der Waals surface area (Å²) in [6, 6.07) is 22.9. The average molecular weight is 412 g/mol. The van der Waals surface area contributed by atoms with Crippen LogP contribution in [0.5, 0.6) is 5.75 Å². The van der Waals surface area contributed by atoms with E-state index in [1.165, 1.54) is 18.2 Å². The van der Waals surface area contributed by atoms with Gasteiger partial charge < -0.3 is 9.63 Å². The number of carboxylic acid groups (broad SMARTS) is 1. The Balaban J connectivity index is 1.82. The highest BCUT2D eigenvalue weighted by atomic mass is 31.2. The van der Waals surface area contributed by atoms with Gasteiger partial charge >= 0.3 is 13.8 Å². The Morgan fingerprint density at radius 2 is 1.34 bits per heavy atom. The van der Waals surface area contributed by atoms with Gasteiger partial charge in [0.25, 0.3) is 0 Å². The summed E-state index contributed by atoms with van der Waals surface area (Å²) in [5.41, 5.74) is 2.00. The van der Waals surface area contributed by atoms with Crippen molar-refractivity contribution in [3.63, 3.8) is 0 Å². The van der Waals surface area contributed by atoms with E-state index in [4.69, 9.17) is 13.6 Å². The molecular weight excluding hydrogens is 391 g/mol. The molecule has 0 aliphatic rings. The van der Waals surface area contributed by atoms with Gasteiger partial charge in [0.1, 0.15) is 5.75 Å². The third kappa shape index (κ3) is 5.78. The Kier molecular flexibility index (Phi) is 6.83. The topological polar surface area (TPSA) is 82.1 Å². The summed E-state index contributed by atoms with van der Waals surface area (Å²) in [5.74, 6) is -0.965. The number of phosphoric ester groups is 1. The van der Waals surface area contributed by atoms with Gasteiger partial charge in [-0.25, -0.2) is 9.36 Å². The first-order chi connectivity index (χ1) is 14.0. The first kappa shape index (κ1) is 20.8. The highest BCUT2D eigenvalue weighted by Crippen LogP contribution is 2.51. The number of phosphoric acid groups is 1. The summed E-state index contributed by atoms with van der Waals surface area (Å²) in [5, 5.41) is 9.31. The standard InChI is InChI=1S/C22H21O6P/c1-17-20(22(23)24)13-8-14-21(17)28-29(25,26-15-18-9-4-2-5-10-18)27-16-19-11-6-3-7-12-19/h2-14H,15-16H2,1H3,(H,23,24). The second-order valence-corrected chi connectivity index (χ2v) is 7.88. The third-order valence-corrected chi connectivity index (χ3v) is 5.50. The molecule has 1 N–H and O–H groups in total. The molecule has 0 bridgehead atoms. The van der Waals surface area contributed by atoms with Crippen molar-refractivity contribution in [2.45, 2.75) is 20.1 Å². The Morgan fingerprint density at radius 1 is 0.828 bits per heavy atom. The molecule has 0 unspecified atom stereocenters. The van der Waals surface area contributed by atoms with E-state index in [9.17, 15) is 14.5 Å². The second kappa shape index (κ2) is 9.52. The number of aromatic carboxylic acids is 1. The molecule has 0 aliphatic heterocycles. The molecule has 0 amide bonds. The van der Waals surface area contributed by atoms with Gasteiger partial charge in [-0.05, 0) is 30.2 Å². The number of rotatable bonds is 9. The van der Waals surface area contributed by atoms with E-state index in [-0.39, 0.29) is 24.5 Å². The monoisotopic (exact) mass is 412 g/mol. The second-order valence-electron chi connectivity index (χ2n) is 6.29. The van der Waals surface area contributed by atoms with Crippen LogP contribution in [-0.4, -0.2) is 11.1 Å². The van der Waals surface area contributed by atoms with E-state index in [0.717, 1.165) is 11.1 Å². The molecule has 150 valence electrons. The van der Waals surface area contributed by atoms with Crippen molar-refractivity contribution in [3.8, 4) is 5.75 Å². The molecule has 0 saturated carbocycles. The van der Waals surface area contributed by atoms with Crippen molar-refractivity contribution in [1.29, 1.82) is 0 Å². The van der Waals surface area contributed by atoms with Crippen molar-refractivity contribution in [3.05, 3.63) is 101 Å². The van der Waals surface area contributed by atoms with Gasteiger partial charge in [-0.3, -0.25) is 9.05 Å². The maximum Gasteiger partial charge on any atom is 0.530 e. The molecule has 0 fully saturated rings. The molecule has 7 heteroatoms. The van der Waals surface area contributed by atoms with Crippen LogP contribution < -0.4 is 4.52 Å². The quantitative estimate of drug-likeness (QED) is 0.460. The summed E-state index contributed by atoms with van der Waals surface area (Å²) < 4.78 is 30.1. The fourth-order valence-corrected chi connectivity index (χ4v) is 3.84. The normalized spacial score (nSPS) is 11.2. The number of hydrogen-bond donors (Lipinski definition) is 1. The maximum atomic E-state index is 13.3. The van der Waals surface area contributed by atoms with Gasteiger partial charge in [0.05, 0.1) is 18.8 Å². The molecule has 29 heavy (non-hydrogen) atoms. The summed E-state index contributed by atoms with van der Waals surface area (Å²) in [6.45, 7) is 1.62. The predicted molar refractivity (Wildman–Crippen MR) is 109 cm³/mol. The van der Waals surface area contributed by atoms with E-state index in [1.807, 2.05) is 60.7 Å². The van der Waals surface area contributed by atoms with Crippen LogP contribution in [-0.2, 0) is 26.8 Å². The zero-order valence-electron chi connectivity index (χ0n) is 15.9. The van der Waals surface area contributed by atoms with Crippen molar-refractivity contribution >= 4 is 13.8 Å². The van der Waals surface area contributed by atoms with Gasteiger partial charge in [-0.15, -0.1) is 0 Å². The Bertz CT molecular complexity index is 957. The van der Waals surface area contributed by atoms with Gasteiger partial charge in [-0.2, -0.15) is 0 Å². The van der Waals surface area contributed by atoms with Crippen LogP contribution >= 0.6 is 7.82 Å². The average Bonchev–Trinajstić information content (AvgIpc) is 2.74. The van der Waals surface area contributed by atoms with E-state index < -0.39 is 13.8 Å². The highest BCUT2D eigenvalue weighted by molar-refractivity contribution is 7.48. The fourth-order valence-electron chi connectivity index (χ4n) is 2.61. The van der Waals surface area contributed by atoms with E-state index >= 15 is 0 Å². The minimum Gasteiger partial charge on any atom is -0.478 e. The molecular formula is C22H21O6P. The molecule has 0 aromatic heterocycles. The van der Waals surface area contributed by atoms with Crippen LogP contribution in [0.2, 0.25) is 0 Å². The van der Waals surface area contributed by atoms with Crippen molar-refractivity contribution in [2.75, 3.05) is 0 Å². The first-order valence-corrected chi connectivity index (χ1v) is 10.4. The molecule has 6 nitrogen and oxygen atoms in total. The maximum absolute atomic E-state index is 13.3. The lowest BCUT2D eigenvalue weighted by Crippen LogP contribution is -2.06. The largest absolute Gasteiger partial charge is 0.530 e. The fraction of sp³-hybridized carbons (Fsp3) is 0.136. The first-order valence-electron chi connectivity index (χ1n) is 8.96. The van der Waals surface area contributed by atoms with Crippen molar-refractivity contribution in [2.24, 2.45) is 0 Å². The molecule has 0 spiro atoms. The van der Waals surface area contributed by atoms with Crippen LogP contribution in [0, 0.1) is 6.92 Å². The third-order valence-electron chi connectivity index (χ3n) is 4.19. The molecule has 0 radical (unpaired) electrons. The van der Waals surface area contributed by atoms with Crippen LogP contribution in [0.1, 0.15) is 27.0 Å². The Labute approximate surface area is 169 Å².